The third-order valence-electron chi connectivity index (χ3n) is 4.07. The Kier molecular flexibility index (Phi) is 6.98. The lowest BCUT2D eigenvalue weighted by atomic mass is 9.91. The number of halogens is 3. The summed E-state index contributed by atoms with van der Waals surface area (Å²) < 4.78 is 37.8. The fraction of sp³-hybridized carbons (Fsp3) is 0.300. The average molecular weight is 379 g/mol. The zero-order valence-corrected chi connectivity index (χ0v) is 14.4. The molecule has 0 spiro atoms. The first-order valence-corrected chi connectivity index (χ1v) is 8.42. The molecule has 27 heavy (non-hydrogen) atoms. The van der Waals surface area contributed by atoms with Gasteiger partial charge in [0, 0.05) is 5.92 Å². The SMILES string of the molecule is O=C(NC(CC(F)(F)F)C(=O)O)C(Cc1ccccc1)Cc1ccccc1. The van der Waals surface area contributed by atoms with Crippen LogP contribution in [0.25, 0.3) is 0 Å². The van der Waals surface area contributed by atoms with Crippen molar-refractivity contribution in [2.24, 2.45) is 5.92 Å². The normalized spacial score (nSPS) is 12.6. The number of hydrogen-bond acceptors (Lipinski definition) is 2. The van der Waals surface area contributed by atoms with Crippen LogP contribution in [0.4, 0.5) is 13.2 Å². The molecular formula is C20H20F3NO3. The first-order valence-electron chi connectivity index (χ1n) is 8.42. The molecule has 0 aromatic heterocycles. The van der Waals surface area contributed by atoms with Crippen LogP contribution >= 0.6 is 0 Å². The minimum absolute atomic E-state index is 0.292. The minimum Gasteiger partial charge on any atom is -0.480 e. The van der Waals surface area contributed by atoms with Gasteiger partial charge in [0.05, 0.1) is 6.42 Å². The monoisotopic (exact) mass is 379 g/mol. The lowest BCUT2D eigenvalue weighted by Gasteiger charge is -2.21. The number of amides is 1. The molecule has 0 saturated carbocycles. The van der Waals surface area contributed by atoms with E-state index in [-0.39, 0.29) is 0 Å². The van der Waals surface area contributed by atoms with Gasteiger partial charge in [-0.3, -0.25) is 4.79 Å². The Morgan fingerprint density at radius 1 is 0.889 bits per heavy atom. The van der Waals surface area contributed by atoms with Crippen LogP contribution in [-0.4, -0.2) is 29.2 Å². The van der Waals surface area contributed by atoms with Crippen LogP contribution in [0.1, 0.15) is 17.5 Å². The molecule has 0 heterocycles. The van der Waals surface area contributed by atoms with E-state index in [2.05, 4.69) is 5.32 Å². The van der Waals surface area contributed by atoms with Gasteiger partial charge in [-0.25, -0.2) is 4.79 Å². The number of hydrogen-bond donors (Lipinski definition) is 2. The predicted molar refractivity (Wildman–Crippen MR) is 94.0 cm³/mol. The van der Waals surface area contributed by atoms with Crippen LogP contribution in [0, 0.1) is 5.92 Å². The first-order chi connectivity index (χ1) is 12.7. The fourth-order valence-electron chi connectivity index (χ4n) is 2.78. The number of carboxylic acid groups (broad SMARTS) is 1. The van der Waals surface area contributed by atoms with Crippen molar-refractivity contribution < 1.29 is 27.9 Å². The summed E-state index contributed by atoms with van der Waals surface area (Å²) >= 11 is 0. The van der Waals surface area contributed by atoms with E-state index < -0.39 is 36.4 Å². The van der Waals surface area contributed by atoms with Crippen molar-refractivity contribution in [3.63, 3.8) is 0 Å². The third-order valence-corrected chi connectivity index (χ3v) is 4.07. The van der Waals surface area contributed by atoms with E-state index in [1.165, 1.54) is 0 Å². The van der Waals surface area contributed by atoms with Crippen LogP contribution < -0.4 is 5.32 Å². The molecule has 0 saturated heterocycles. The van der Waals surface area contributed by atoms with E-state index in [0.717, 1.165) is 11.1 Å². The van der Waals surface area contributed by atoms with E-state index in [4.69, 9.17) is 5.11 Å². The van der Waals surface area contributed by atoms with Crippen molar-refractivity contribution in [1.29, 1.82) is 0 Å². The van der Waals surface area contributed by atoms with Gasteiger partial charge in [0.15, 0.2) is 0 Å². The Morgan fingerprint density at radius 2 is 1.33 bits per heavy atom. The van der Waals surface area contributed by atoms with Crippen molar-refractivity contribution in [1.82, 2.24) is 5.32 Å². The molecule has 0 aliphatic rings. The maximum absolute atomic E-state index is 12.6. The number of alkyl halides is 3. The van der Waals surface area contributed by atoms with Crippen molar-refractivity contribution >= 4 is 11.9 Å². The summed E-state index contributed by atoms with van der Waals surface area (Å²) in [5.74, 6) is -3.11. The molecule has 7 heteroatoms. The maximum Gasteiger partial charge on any atom is 0.391 e. The molecular weight excluding hydrogens is 359 g/mol. The molecule has 144 valence electrons. The molecule has 4 nitrogen and oxygen atoms in total. The molecule has 2 aromatic carbocycles. The second kappa shape index (κ2) is 9.21. The van der Waals surface area contributed by atoms with Crippen LogP contribution in [0.5, 0.6) is 0 Å². The lowest BCUT2D eigenvalue weighted by Crippen LogP contribution is -2.46. The van der Waals surface area contributed by atoms with Gasteiger partial charge in [0.2, 0.25) is 5.91 Å². The zero-order chi connectivity index (χ0) is 19.9. The molecule has 0 fully saturated rings. The lowest BCUT2D eigenvalue weighted by molar-refractivity contribution is -0.160. The largest absolute Gasteiger partial charge is 0.480 e. The number of carbonyl (C=O) groups is 2. The number of aliphatic carboxylic acids is 1. The van der Waals surface area contributed by atoms with E-state index in [0.29, 0.717) is 12.8 Å². The summed E-state index contributed by atoms with van der Waals surface area (Å²) in [5, 5.41) is 11.1. The van der Waals surface area contributed by atoms with Crippen LogP contribution in [0.3, 0.4) is 0 Å². The number of carboxylic acids is 1. The Hall–Kier alpha value is -2.83. The van der Waals surface area contributed by atoms with Gasteiger partial charge in [-0.05, 0) is 24.0 Å². The standard InChI is InChI=1S/C20H20F3NO3/c21-20(22,23)13-17(19(26)27)24-18(25)16(11-14-7-3-1-4-8-14)12-15-9-5-2-6-10-15/h1-10,16-17H,11-13H2,(H,24,25)(H,26,27). The molecule has 2 aromatic rings. The van der Waals surface area contributed by atoms with Gasteiger partial charge in [-0.2, -0.15) is 13.2 Å². The molecule has 0 radical (unpaired) electrons. The second-order valence-corrected chi connectivity index (χ2v) is 6.30. The second-order valence-electron chi connectivity index (χ2n) is 6.30. The number of benzene rings is 2. The van der Waals surface area contributed by atoms with Crippen molar-refractivity contribution in [3.05, 3.63) is 71.8 Å². The highest BCUT2D eigenvalue weighted by molar-refractivity contribution is 5.85. The smallest absolute Gasteiger partial charge is 0.391 e. The highest BCUT2D eigenvalue weighted by Gasteiger charge is 2.37. The Labute approximate surface area is 155 Å². The topological polar surface area (TPSA) is 66.4 Å². The average Bonchev–Trinajstić information content (AvgIpc) is 2.61. The van der Waals surface area contributed by atoms with Crippen LogP contribution in [-0.2, 0) is 22.4 Å². The summed E-state index contributed by atoms with van der Waals surface area (Å²) in [6, 6.07) is 16.1. The Morgan fingerprint density at radius 3 is 1.70 bits per heavy atom. The summed E-state index contributed by atoms with van der Waals surface area (Å²) in [4.78, 5) is 23.7. The van der Waals surface area contributed by atoms with E-state index in [9.17, 15) is 22.8 Å². The molecule has 0 aliphatic heterocycles. The summed E-state index contributed by atoms with van der Waals surface area (Å²) in [6.07, 6.45) is -5.72. The van der Waals surface area contributed by atoms with Crippen molar-refractivity contribution in [2.75, 3.05) is 0 Å². The maximum atomic E-state index is 12.6. The Bertz CT molecular complexity index is 707. The van der Waals surface area contributed by atoms with Gasteiger partial charge in [0.1, 0.15) is 6.04 Å². The molecule has 2 rings (SSSR count). The highest BCUT2D eigenvalue weighted by atomic mass is 19.4. The quantitative estimate of drug-likeness (QED) is 0.736. The van der Waals surface area contributed by atoms with Crippen molar-refractivity contribution in [3.8, 4) is 0 Å². The third kappa shape index (κ3) is 7.13. The molecule has 2 N–H and O–H groups in total. The zero-order valence-electron chi connectivity index (χ0n) is 14.4. The van der Waals surface area contributed by atoms with Crippen LogP contribution in [0.15, 0.2) is 60.7 Å². The predicted octanol–water partition coefficient (Wildman–Crippen LogP) is 3.61. The Balaban J connectivity index is 2.17. The van der Waals surface area contributed by atoms with E-state index >= 15 is 0 Å². The van der Waals surface area contributed by atoms with Gasteiger partial charge in [-0.1, -0.05) is 60.7 Å². The number of rotatable bonds is 8. The van der Waals surface area contributed by atoms with E-state index in [1.54, 1.807) is 24.3 Å². The fourth-order valence-corrected chi connectivity index (χ4v) is 2.78. The molecule has 0 bridgehead atoms. The van der Waals surface area contributed by atoms with Gasteiger partial charge in [0.25, 0.3) is 0 Å². The number of carbonyl (C=O) groups excluding carboxylic acids is 1. The molecule has 1 amide bonds. The number of nitrogens with one attached hydrogen (secondary N) is 1. The van der Waals surface area contributed by atoms with E-state index in [1.807, 2.05) is 36.4 Å². The van der Waals surface area contributed by atoms with Gasteiger partial charge < -0.3 is 10.4 Å². The summed E-state index contributed by atoms with van der Waals surface area (Å²) in [7, 11) is 0. The van der Waals surface area contributed by atoms with Gasteiger partial charge in [-0.15, -0.1) is 0 Å². The summed E-state index contributed by atoms with van der Waals surface area (Å²) in [5.41, 5.74) is 1.69. The highest BCUT2D eigenvalue weighted by Crippen LogP contribution is 2.22. The summed E-state index contributed by atoms with van der Waals surface area (Å²) in [6.45, 7) is 0. The minimum atomic E-state index is -4.69. The van der Waals surface area contributed by atoms with Crippen molar-refractivity contribution in [2.45, 2.75) is 31.5 Å². The molecule has 0 aliphatic carbocycles. The van der Waals surface area contributed by atoms with Crippen LogP contribution in [0.2, 0.25) is 0 Å². The molecule has 1 unspecified atom stereocenters. The first kappa shape index (κ1) is 20.5. The molecule has 1 atom stereocenters. The van der Waals surface area contributed by atoms with Gasteiger partial charge >= 0.3 is 12.1 Å².